The molecule has 3 N–H and O–H groups in total. The Hall–Kier alpha value is -1.94. The third-order valence-electron chi connectivity index (χ3n) is 18.7. The Morgan fingerprint density at radius 1 is 0.296 bits per heavy atom. The van der Waals surface area contributed by atoms with Crippen molar-refractivity contribution in [1.82, 2.24) is 0 Å². The molecule has 6 atom stereocenters. The Morgan fingerprint density at radius 2 is 0.520 bits per heavy atom. The summed E-state index contributed by atoms with van der Waals surface area (Å²) < 4.78 is 68.6. The van der Waals surface area contributed by atoms with E-state index in [1.54, 1.807) is 0 Å². The topological polar surface area (TPSA) is 237 Å². The van der Waals surface area contributed by atoms with Gasteiger partial charge in [0, 0.05) is 25.7 Å². The summed E-state index contributed by atoms with van der Waals surface area (Å²) in [4.78, 5) is 72.9. The molecule has 0 spiro atoms. The van der Waals surface area contributed by atoms with E-state index in [1.807, 2.05) is 0 Å². The molecule has 0 aromatic rings. The van der Waals surface area contributed by atoms with Crippen molar-refractivity contribution < 1.29 is 80.2 Å². The van der Waals surface area contributed by atoms with E-state index in [1.165, 1.54) is 212 Å². The fourth-order valence-electron chi connectivity index (χ4n) is 12.1. The van der Waals surface area contributed by atoms with E-state index in [9.17, 15) is 43.2 Å². The van der Waals surface area contributed by atoms with Crippen molar-refractivity contribution in [3.8, 4) is 0 Å². The molecule has 3 unspecified atom stereocenters. The first kappa shape index (κ1) is 96.1. The number of carbonyl (C=O) groups is 4. The highest BCUT2D eigenvalue weighted by Gasteiger charge is 2.30. The fraction of sp³-hybridized carbons (Fsp3) is 0.949. The summed E-state index contributed by atoms with van der Waals surface area (Å²) >= 11 is 0. The Balaban J connectivity index is 5.22. The van der Waals surface area contributed by atoms with Gasteiger partial charge < -0.3 is 33.8 Å². The predicted molar refractivity (Wildman–Crippen MR) is 400 cm³/mol. The summed E-state index contributed by atoms with van der Waals surface area (Å²) in [5.41, 5.74) is 0. The van der Waals surface area contributed by atoms with Crippen molar-refractivity contribution >= 4 is 39.5 Å². The molecule has 0 rings (SSSR count). The standard InChI is InChI=1S/C79H154O17P2/c1-8-10-11-12-13-14-15-16-17-18-19-23-26-29-32-38-46-53-60-76(81)89-66-74(95-78(83)62-55-48-39-33-30-27-24-21-20-22-25-28-31-36-43-50-57-70(3)4)68-93-97(85,86)91-64-73(80)65-92-98(87,88)94-69-75(67-90-77(82)61-54-47-42-41-44-51-58-71(5)6)96-79(84)63-56-49-40-35-34-37-45-52-59-72(7)9-2/h70-75,80H,8-69H2,1-7H3,(H,85,86)(H,87,88)/t72?,73-,74-,75-/m1/s1. The molecular formula is C79H154O17P2. The molecule has 17 nitrogen and oxygen atoms in total. The van der Waals surface area contributed by atoms with Gasteiger partial charge in [0.05, 0.1) is 26.4 Å². The molecule has 0 amide bonds. The number of phosphoric ester groups is 2. The number of aliphatic hydroxyl groups is 1. The third kappa shape index (κ3) is 71.1. The van der Waals surface area contributed by atoms with Gasteiger partial charge in [0.2, 0.25) is 0 Å². The summed E-state index contributed by atoms with van der Waals surface area (Å²) in [5, 5.41) is 10.6. The molecule has 0 radical (unpaired) electrons. The van der Waals surface area contributed by atoms with Crippen molar-refractivity contribution in [2.45, 2.75) is 426 Å². The lowest BCUT2D eigenvalue weighted by molar-refractivity contribution is -0.161. The molecule has 0 bridgehead atoms. The summed E-state index contributed by atoms with van der Waals surface area (Å²) in [5.74, 6) is 0.140. The molecule has 0 aliphatic rings. The molecule has 98 heavy (non-hydrogen) atoms. The monoisotopic (exact) mass is 1440 g/mol. The molecule has 582 valence electrons. The third-order valence-corrected chi connectivity index (χ3v) is 20.6. The average Bonchev–Trinajstić information content (AvgIpc) is 1.07. The van der Waals surface area contributed by atoms with Crippen LogP contribution in [0, 0.1) is 17.8 Å². The normalized spacial score (nSPS) is 14.3. The van der Waals surface area contributed by atoms with Crippen molar-refractivity contribution in [2.75, 3.05) is 39.6 Å². The summed E-state index contributed by atoms with van der Waals surface area (Å²) in [7, 11) is -9.92. The maximum absolute atomic E-state index is 13.1. The van der Waals surface area contributed by atoms with Crippen LogP contribution in [0.25, 0.3) is 0 Å². The van der Waals surface area contributed by atoms with Crippen LogP contribution < -0.4 is 0 Å². The number of aliphatic hydroxyl groups excluding tert-OH is 1. The first-order valence-corrected chi connectivity index (χ1v) is 43.9. The Kier molecular flexibility index (Phi) is 68.1. The zero-order valence-electron chi connectivity index (χ0n) is 64.3. The van der Waals surface area contributed by atoms with Crippen LogP contribution in [0.2, 0.25) is 0 Å². The lowest BCUT2D eigenvalue weighted by Gasteiger charge is -2.21. The van der Waals surface area contributed by atoms with Crippen LogP contribution in [0.3, 0.4) is 0 Å². The molecule has 0 aromatic heterocycles. The largest absolute Gasteiger partial charge is 0.472 e. The number of unbranched alkanes of at least 4 members (excludes halogenated alkanes) is 44. The minimum atomic E-state index is -4.96. The van der Waals surface area contributed by atoms with Crippen molar-refractivity contribution in [2.24, 2.45) is 17.8 Å². The first-order valence-electron chi connectivity index (χ1n) is 40.9. The molecule has 0 aliphatic heterocycles. The molecule has 0 aromatic carbocycles. The molecule has 19 heteroatoms. The van der Waals surface area contributed by atoms with Crippen LogP contribution in [0.15, 0.2) is 0 Å². The van der Waals surface area contributed by atoms with Gasteiger partial charge >= 0.3 is 39.5 Å². The number of hydrogen-bond donors (Lipinski definition) is 3. The van der Waals surface area contributed by atoms with Crippen LogP contribution >= 0.6 is 15.6 Å². The zero-order valence-corrected chi connectivity index (χ0v) is 66.0. The Labute approximate surface area is 600 Å². The van der Waals surface area contributed by atoms with Crippen molar-refractivity contribution in [3.05, 3.63) is 0 Å². The van der Waals surface area contributed by atoms with E-state index in [4.69, 9.17) is 37.0 Å². The Morgan fingerprint density at radius 3 is 0.776 bits per heavy atom. The second kappa shape index (κ2) is 69.4. The van der Waals surface area contributed by atoms with Gasteiger partial charge in [-0.05, 0) is 43.4 Å². The van der Waals surface area contributed by atoms with Gasteiger partial charge in [-0.15, -0.1) is 0 Å². The molecule has 0 saturated carbocycles. The van der Waals surface area contributed by atoms with Crippen LogP contribution in [0.4, 0.5) is 0 Å². The van der Waals surface area contributed by atoms with Crippen LogP contribution in [0.5, 0.6) is 0 Å². The van der Waals surface area contributed by atoms with E-state index < -0.39 is 97.5 Å². The maximum atomic E-state index is 13.1. The minimum absolute atomic E-state index is 0.104. The zero-order chi connectivity index (χ0) is 72.3. The molecule has 0 heterocycles. The lowest BCUT2D eigenvalue weighted by atomic mass is 9.99. The van der Waals surface area contributed by atoms with Gasteiger partial charge in [0.25, 0.3) is 0 Å². The van der Waals surface area contributed by atoms with E-state index in [2.05, 4.69) is 48.5 Å². The van der Waals surface area contributed by atoms with Gasteiger partial charge in [-0.3, -0.25) is 37.3 Å². The molecule has 0 fully saturated rings. The highest BCUT2D eigenvalue weighted by molar-refractivity contribution is 7.47. The summed E-state index contributed by atoms with van der Waals surface area (Å²) in [6.45, 7) is 11.9. The highest BCUT2D eigenvalue weighted by Crippen LogP contribution is 2.45. The van der Waals surface area contributed by atoms with Crippen molar-refractivity contribution in [3.63, 3.8) is 0 Å². The molecular weight excluding hydrogens is 1280 g/mol. The maximum Gasteiger partial charge on any atom is 0.472 e. The molecule has 0 saturated heterocycles. The van der Waals surface area contributed by atoms with Crippen LogP contribution in [-0.4, -0.2) is 96.7 Å². The van der Waals surface area contributed by atoms with E-state index in [0.717, 1.165) is 108 Å². The second-order valence-corrected chi connectivity index (χ2v) is 32.6. The first-order chi connectivity index (χ1) is 47.3. The quantitative estimate of drug-likeness (QED) is 0.0222. The van der Waals surface area contributed by atoms with Crippen molar-refractivity contribution in [1.29, 1.82) is 0 Å². The van der Waals surface area contributed by atoms with Gasteiger partial charge in [-0.1, -0.05) is 357 Å². The SMILES string of the molecule is CCCCCCCCCCCCCCCCCCCCC(=O)OC[C@H](COP(=O)(O)OC[C@@H](O)COP(=O)(O)OC[C@@H](COC(=O)CCCCCCCCC(C)C)OC(=O)CCCCCCCCCCC(C)CC)OC(=O)CCCCCCCCCCCCCCCCCCC(C)C. The van der Waals surface area contributed by atoms with Crippen LogP contribution in [-0.2, 0) is 65.4 Å². The summed E-state index contributed by atoms with van der Waals surface area (Å²) in [6, 6.07) is 0. The number of carbonyl (C=O) groups excluding carboxylic acids is 4. The van der Waals surface area contributed by atoms with Crippen LogP contribution in [0.1, 0.15) is 408 Å². The molecule has 0 aliphatic carbocycles. The predicted octanol–water partition coefficient (Wildman–Crippen LogP) is 23.4. The van der Waals surface area contributed by atoms with Gasteiger partial charge in [0.1, 0.15) is 19.3 Å². The van der Waals surface area contributed by atoms with E-state index in [-0.39, 0.29) is 25.7 Å². The van der Waals surface area contributed by atoms with E-state index in [0.29, 0.717) is 31.6 Å². The van der Waals surface area contributed by atoms with Gasteiger partial charge in [-0.25, -0.2) is 9.13 Å². The van der Waals surface area contributed by atoms with E-state index >= 15 is 0 Å². The van der Waals surface area contributed by atoms with Gasteiger partial charge in [0.15, 0.2) is 12.2 Å². The van der Waals surface area contributed by atoms with Gasteiger partial charge in [-0.2, -0.15) is 0 Å². The second-order valence-electron chi connectivity index (χ2n) is 29.6. The number of phosphoric acid groups is 2. The smallest absolute Gasteiger partial charge is 0.462 e. The fourth-order valence-corrected chi connectivity index (χ4v) is 13.7. The minimum Gasteiger partial charge on any atom is -0.462 e. The number of esters is 4. The number of ether oxygens (including phenoxy) is 4. The number of hydrogen-bond acceptors (Lipinski definition) is 15. The summed E-state index contributed by atoms with van der Waals surface area (Å²) in [6.07, 6.45) is 57.1. The number of rotatable bonds is 77. The lowest BCUT2D eigenvalue weighted by Crippen LogP contribution is -2.30. The highest BCUT2D eigenvalue weighted by atomic mass is 31.2. The average molecular weight is 1440 g/mol. The Bertz CT molecular complexity index is 1910.